The lowest BCUT2D eigenvalue weighted by atomic mass is 9.99. The maximum absolute atomic E-state index is 12.3. The first kappa shape index (κ1) is 21.7. The van der Waals surface area contributed by atoms with Gasteiger partial charge in [-0.15, -0.1) is 5.92 Å². The molecule has 1 aliphatic heterocycles. The monoisotopic (exact) mass is 383 g/mol. The second-order valence-corrected chi connectivity index (χ2v) is 6.91. The zero-order valence-electron chi connectivity index (χ0n) is 16.5. The van der Waals surface area contributed by atoms with Crippen LogP contribution >= 0.6 is 0 Å². The molecule has 1 fully saturated rings. The summed E-state index contributed by atoms with van der Waals surface area (Å²) in [5, 5.41) is 10.3. The van der Waals surface area contributed by atoms with Crippen molar-refractivity contribution in [2.45, 2.75) is 57.1 Å². The first-order chi connectivity index (χ1) is 13.6. The highest BCUT2D eigenvalue weighted by molar-refractivity contribution is 5.78. The number of hydrogen-bond acceptors (Lipinski definition) is 4. The van der Waals surface area contributed by atoms with Gasteiger partial charge in [-0.1, -0.05) is 48.4 Å². The molecule has 5 nitrogen and oxygen atoms in total. The molecule has 5 heteroatoms. The SMILES string of the molecule is COC(=O)CCCC#CCN1C(=O)CCC[C@@H]1/C=C/C(O)Cc1ccccc1. The Morgan fingerprint density at radius 3 is 2.89 bits per heavy atom. The van der Waals surface area contributed by atoms with Crippen molar-refractivity contribution in [1.29, 1.82) is 0 Å². The molecule has 2 rings (SSSR count). The van der Waals surface area contributed by atoms with E-state index in [9.17, 15) is 14.7 Å². The Morgan fingerprint density at radius 2 is 2.14 bits per heavy atom. The molecule has 0 bridgehead atoms. The third-order valence-corrected chi connectivity index (χ3v) is 4.74. The summed E-state index contributed by atoms with van der Waals surface area (Å²) in [6.07, 6.45) is 7.59. The molecule has 1 saturated heterocycles. The minimum absolute atomic E-state index is 0.0314. The minimum atomic E-state index is -0.578. The topological polar surface area (TPSA) is 66.8 Å². The number of carbonyl (C=O) groups is 2. The molecular formula is C23H29NO4. The first-order valence-corrected chi connectivity index (χ1v) is 9.82. The van der Waals surface area contributed by atoms with Gasteiger partial charge in [0.1, 0.15) is 0 Å². The summed E-state index contributed by atoms with van der Waals surface area (Å²) < 4.78 is 4.60. The summed E-state index contributed by atoms with van der Waals surface area (Å²) >= 11 is 0. The van der Waals surface area contributed by atoms with E-state index in [4.69, 9.17) is 0 Å². The lowest BCUT2D eigenvalue weighted by molar-refractivity contribution is -0.140. The van der Waals surface area contributed by atoms with Gasteiger partial charge in [-0.05, 0) is 24.8 Å². The molecule has 150 valence electrons. The van der Waals surface area contributed by atoms with Gasteiger partial charge in [0.15, 0.2) is 0 Å². The van der Waals surface area contributed by atoms with Crippen LogP contribution in [0.4, 0.5) is 0 Å². The minimum Gasteiger partial charge on any atom is -0.469 e. The van der Waals surface area contributed by atoms with Crippen LogP contribution < -0.4 is 0 Å². The number of amides is 1. The molecule has 28 heavy (non-hydrogen) atoms. The third-order valence-electron chi connectivity index (χ3n) is 4.74. The number of piperidine rings is 1. The number of aliphatic hydroxyl groups excluding tert-OH is 1. The average Bonchev–Trinajstić information content (AvgIpc) is 2.70. The number of benzene rings is 1. The van der Waals surface area contributed by atoms with E-state index in [1.54, 1.807) is 11.0 Å². The molecule has 0 aliphatic carbocycles. The van der Waals surface area contributed by atoms with Gasteiger partial charge in [-0.2, -0.15) is 0 Å². The summed E-state index contributed by atoms with van der Waals surface area (Å²) in [6.45, 7) is 0.376. The second kappa shape index (κ2) is 12.0. The molecule has 1 N–H and O–H groups in total. The van der Waals surface area contributed by atoms with E-state index in [2.05, 4.69) is 16.6 Å². The van der Waals surface area contributed by atoms with Crippen molar-refractivity contribution < 1.29 is 19.4 Å². The predicted molar refractivity (Wildman–Crippen MR) is 108 cm³/mol. The summed E-state index contributed by atoms with van der Waals surface area (Å²) in [5.74, 6) is 5.94. The smallest absolute Gasteiger partial charge is 0.305 e. The molecule has 0 saturated carbocycles. The number of esters is 1. The Bertz CT molecular complexity index is 717. The molecule has 0 aromatic heterocycles. The zero-order valence-corrected chi connectivity index (χ0v) is 16.5. The van der Waals surface area contributed by atoms with Gasteiger partial charge in [0, 0.05) is 25.7 Å². The lowest BCUT2D eigenvalue weighted by Gasteiger charge is -2.32. The number of rotatable bonds is 8. The largest absolute Gasteiger partial charge is 0.469 e. The Morgan fingerprint density at radius 1 is 1.36 bits per heavy atom. The standard InChI is InChI=1S/C23H29NO4/c1-28-23(27)14-7-2-3-8-17-24-20(12-9-13-22(24)26)15-16-21(25)18-19-10-5-4-6-11-19/h4-6,10-11,15-16,20-21,25H,2,7,9,12-14,17-18H2,1H3/b16-15+/t20-,21?/m1/s1. The average molecular weight is 383 g/mol. The summed E-state index contributed by atoms with van der Waals surface area (Å²) in [6, 6.07) is 9.81. The van der Waals surface area contributed by atoms with Crippen LogP contribution in [0.5, 0.6) is 0 Å². The molecule has 0 radical (unpaired) electrons. The van der Waals surface area contributed by atoms with Crippen LogP contribution in [-0.2, 0) is 20.7 Å². The van der Waals surface area contributed by atoms with Gasteiger partial charge in [0.25, 0.3) is 0 Å². The van der Waals surface area contributed by atoms with Crippen LogP contribution in [0, 0.1) is 11.8 Å². The van der Waals surface area contributed by atoms with Crippen molar-refractivity contribution in [2.24, 2.45) is 0 Å². The van der Waals surface area contributed by atoms with Crippen molar-refractivity contribution in [3.05, 3.63) is 48.0 Å². The van der Waals surface area contributed by atoms with Gasteiger partial charge >= 0.3 is 5.97 Å². The van der Waals surface area contributed by atoms with Crippen LogP contribution in [0.3, 0.4) is 0 Å². The highest BCUT2D eigenvalue weighted by Crippen LogP contribution is 2.19. The van der Waals surface area contributed by atoms with E-state index in [0.717, 1.165) is 18.4 Å². The van der Waals surface area contributed by atoms with Gasteiger partial charge < -0.3 is 14.7 Å². The molecule has 1 amide bonds. The van der Waals surface area contributed by atoms with Crippen molar-refractivity contribution in [2.75, 3.05) is 13.7 Å². The van der Waals surface area contributed by atoms with E-state index < -0.39 is 6.10 Å². The van der Waals surface area contributed by atoms with Gasteiger partial charge in [-0.3, -0.25) is 9.59 Å². The quantitative estimate of drug-likeness (QED) is 0.324. The van der Waals surface area contributed by atoms with E-state index in [1.165, 1.54) is 7.11 Å². The predicted octanol–water partition coefficient (Wildman–Crippen LogP) is 2.87. The van der Waals surface area contributed by atoms with E-state index in [0.29, 0.717) is 38.6 Å². The fraction of sp³-hybridized carbons (Fsp3) is 0.478. The number of likely N-dealkylation sites (tertiary alicyclic amines) is 1. The van der Waals surface area contributed by atoms with Crippen LogP contribution in [0.2, 0.25) is 0 Å². The third kappa shape index (κ3) is 7.58. The maximum atomic E-state index is 12.3. The number of unbranched alkanes of at least 4 members (excludes halogenated alkanes) is 1. The highest BCUT2D eigenvalue weighted by Gasteiger charge is 2.25. The summed E-state index contributed by atoms with van der Waals surface area (Å²) in [4.78, 5) is 25.1. The molecule has 1 aromatic rings. The van der Waals surface area contributed by atoms with Crippen molar-refractivity contribution >= 4 is 11.9 Å². The fourth-order valence-electron chi connectivity index (χ4n) is 3.19. The molecular weight excluding hydrogens is 354 g/mol. The van der Waals surface area contributed by atoms with E-state index in [1.807, 2.05) is 36.4 Å². The maximum Gasteiger partial charge on any atom is 0.305 e. The van der Waals surface area contributed by atoms with E-state index in [-0.39, 0.29) is 17.9 Å². The van der Waals surface area contributed by atoms with Gasteiger partial charge in [0.05, 0.1) is 25.8 Å². The normalized spacial score (nSPS) is 17.9. The van der Waals surface area contributed by atoms with E-state index >= 15 is 0 Å². The second-order valence-electron chi connectivity index (χ2n) is 6.91. The molecule has 1 aromatic carbocycles. The highest BCUT2D eigenvalue weighted by atomic mass is 16.5. The number of ether oxygens (including phenoxy) is 1. The van der Waals surface area contributed by atoms with Crippen LogP contribution in [0.15, 0.2) is 42.5 Å². The summed E-state index contributed by atoms with van der Waals surface area (Å²) in [5.41, 5.74) is 1.08. The number of nitrogens with zero attached hydrogens (tertiary/aromatic N) is 1. The van der Waals surface area contributed by atoms with Gasteiger partial charge in [-0.25, -0.2) is 0 Å². The first-order valence-electron chi connectivity index (χ1n) is 9.82. The van der Waals surface area contributed by atoms with Gasteiger partial charge in [0.2, 0.25) is 5.91 Å². The number of carbonyl (C=O) groups excluding carboxylic acids is 2. The van der Waals surface area contributed by atoms with Crippen molar-refractivity contribution in [3.63, 3.8) is 0 Å². The zero-order chi connectivity index (χ0) is 20.2. The summed E-state index contributed by atoms with van der Waals surface area (Å²) in [7, 11) is 1.38. The number of methoxy groups -OCH3 is 1. The molecule has 1 unspecified atom stereocenters. The number of aliphatic hydroxyl groups is 1. The lowest BCUT2D eigenvalue weighted by Crippen LogP contribution is -2.42. The Balaban J connectivity index is 1.85. The van der Waals surface area contributed by atoms with Crippen LogP contribution in [0.25, 0.3) is 0 Å². The Kier molecular flexibility index (Phi) is 9.30. The molecule has 0 spiro atoms. The Hall–Kier alpha value is -2.58. The molecule has 1 aliphatic rings. The van der Waals surface area contributed by atoms with Crippen molar-refractivity contribution in [1.82, 2.24) is 4.90 Å². The van der Waals surface area contributed by atoms with Crippen LogP contribution in [-0.4, -0.2) is 47.7 Å². The Labute approximate surface area is 167 Å². The fourth-order valence-corrected chi connectivity index (χ4v) is 3.19. The number of hydrogen-bond donors (Lipinski definition) is 1. The van der Waals surface area contributed by atoms with Crippen LogP contribution in [0.1, 0.15) is 44.1 Å². The molecule has 1 heterocycles. The molecule has 2 atom stereocenters. The van der Waals surface area contributed by atoms with Crippen molar-refractivity contribution in [3.8, 4) is 11.8 Å².